The Balaban J connectivity index is 1.72. The first-order chi connectivity index (χ1) is 14.0. The fourth-order valence-electron chi connectivity index (χ4n) is 2.71. The number of carbonyl (C=O) groups excluding carboxylic acids is 1. The van der Waals surface area contributed by atoms with Crippen LogP contribution in [0.5, 0.6) is 0 Å². The fourth-order valence-corrected chi connectivity index (χ4v) is 3.46. The molecule has 1 heterocycles. The Hall–Kier alpha value is -3.46. The van der Waals surface area contributed by atoms with Crippen LogP contribution < -0.4 is 5.32 Å². The van der Waals surface area contributed by atoms with E-state index >= 15 is 0 Å². The lowest BCUT2D eigenvalue weighted by Gasteiger charge is -2.08. The van der Waals surface area contributed by atoms with Gasteiger partial charge in [0.25, 0.3) is 5.69 Å². The number of hydrogen-bond acceptors (Lipinski definition) is 6. The summed E-state index contributed by atoms with van der Waals surface area (Å²) in [6, 6.07) is 13.8. The van der Waals surface area contributed by atoms with Crippen molar-refractivity contribution >= 4 is 29.0 Å². The average molecular weight is 409 g/mol. The highest BCUT2D eigenvalue weighted by Gasteiger charge is 2.15. The molecule has 29 heavy (non-hydrogen) atoms. The van der Waals surface area contributed by atoms with Crippen molar-refractivity contribution in [3.63, 3.8) is 0 Å². The van der Waals surface area contributed by atoms with Crippen LogP contribution in [0.25, 0.3) is 11.4 Å². The Morgan fingerprint density at radius 3 is 2.79 bits per heavy atom. The largest absolute Gasteiger partial charge is 0.325 e. The van der Waals surface area contributed by atoms with Crippen LogP contribution in [-0.2, 0) is 11.3 Å². The number of nitro benzene ring substituents is 1. The topological polar surface area (TPSA) is 103 Å². The van der Waals surface area contributed by atoms with Crippen LogP contribution in [0.1, 0.15) is 5.56 Å². The third kappa shape index (κ3) is 5.08. The van der Waals surface area contributed by atoms with Crippen LogP contribution in [-0.4, -0.2) is 31.3 Å². The summed E-state index contributed by atoms with van der Waals surface area (Å²) in [6.07, 6.45) is 1.75. The minimum absolute atomic E-state index is 0.0797. The van der Waals surface area contributed by atoms with Gasteiger partial charge in [-0.25, -0.2) is 0 Å². The zero-order valence-electron chi connectivity index (χ0n) is 15.7. The third-order valence-electron chi connectivity index (χ3n) is 3.98. The van der Waals surface area contributed by atoms with Crippen molar-refractivity contribution in [2.45, 2.75) is 18.6 Å². The molecular formula is C20H19N5O3S. The first-order valence-corrected chi connectivity index (χ1v) is 9.74. The first kappa shape index (κ1) is 20.3. The quantitative estimate of drug-likeness (QED) is 0.260. The highest BCUT2D eigenvalue weighted by molar-refractivity contribution is 7.99. The number of thioether (sulfide) groups is 1. The van der Waals surface area contributed by atoms with Crippen LogP contribution in [0.4, 0.5) is 11.4 Å². The van der Waals surface area contributed by atoms with Crippen LogP contribution in [0.3, 0.4) is 0 Å². The Morgan fingerprint density at radius 1 is 1.28 bits per heavy atom. The molecule has 9 heteroatoms. The predicted molar refractivity (Wildman–Crippen MR) is 113 cm³/mol. The summed E-state index contributed by atoms with van der Waals surface area (Å²) < 4.78 is 1.90. The van der Waals surface area contributed by atoms with Gasteiger partial charge in [-0.1, -0.05) is 47.7 Å². The van der Waals surface area contributed by atoms with Gasteiger partial charge in [-0.3, -0.25) is 19.5 Å². The van der Waals surface area contributed by atoms with Crippen molar-refractivity contribution in [3.05, 3.63) is 76.9 Å². The molecule has 0 aliphatic carbocycles. The molecule has 0 aliphatic heterocycles. The summed E-state index contributed by atoms with van der Waals surface area (Å²) in [5.41, 5.74) is 2.34. The Bertz CT molecular complexity index is 1060. The van der Waals surface area contributed by atoms with Gasteiger partial charge in [-0.05, 0) is 19.1 Å². The lowest BCUT2D eigenvalue weighted by atomic mass is 10.1. The molecule has 2 aromatic carbocycles. The van der Waals surface area contributed by atoms with E-state index < -0.39 is 4.92 Å². The molecule has 0 fully saturated rings. The monoisotopic (exact) mass is 409 g/mol. The van der Waals surface area contributed by atoms with E-state index in [-0.39, 0.29) is 17.3 Å². The number of allylic oxidation sites excluding steroid dienone is 1. The number of aryl methyl sites for hydroxylation is 1. The summed E-state index contributed by atoms with van der Waals surface area (Å²) in [7, 11) is 0. The normalized spacial score (nSPS) is 10.5. The number of amides is 1. The molecule has 1 N–H and O–H groups in total. The van der Waals surface area contributed by atoms with Crippen molar-refractivity contribution in [2.24, 2.45) is 0 Å². The molecular weight excluding hydrogens is 390 g/mol. The first-order valence-electron chi connectivity index (χ1n) is 8.76. The van der Waals surface area contributed by atoms with E-state index in [2.05, 4.69) is 22.1 Å². The molecule has 0 radical (unpaired) electrons. The van der Waals surface area contributed by atoms with E-state index in [1.807, 2.05) is 35.8 Å². The van der Waals surface area contributed by atoms with E-state index in [9.17, 15) is 14.9 Å². The summed E-state index contributed by atoms with van der Waals surface area (Å²) >= 11 is 1.24. The number of non-ortho nitro benzene ring substituents is 1. The highest BCUT2D eigenvalue weighted by Crippen LogP contribution is 2.25. The number of aromatic nitrogens is 3. The average Bonchev–Trinajstić information content (AvgIpc) is 3.09. The summed E-state index contributed by atoms with van der Waals surface area (Å²) in [5, 5.41) is 22.6. The van der Waals surface area contributed by atoms with E-state index in [1.165, 1.54) is 30.0 Å². The number of hydrogen-bond donors (Lipinski definition) is 1. The SMILES string of the molecule is C=CCn1c(SCC(=O)Nc2cccc([N+](=O)[O-])c2)nnc1-c1cccc(C)c1. The zero-order valence-corrected chi connectivity index (χ0v) is 16.6. The van der Waals surface area contributed by atoms with E-state index in [1.54, 1.807) is 12.1 Å². The van der Waals surface area contributed by atoms with Gasteiger partial charge in [0.15, 0.2) is 11.0 Å². The van der Waals surface area contributed by atoms with E-state index in [0.717, 1.165) is 11.1 Å². The van der Waals surface area contributed by atoms with Gasteiger partial charge in [0.2, 0.25) is 5.91 Å². The van der Waals surface area contributed by atoms with Gasteiger partial charge in [-0.2, -0.15) is 0 Å². The second kappa shape index (κ2) is 9.16. The number of carbonyl (C=O) groups is 1. The maximum absolute atomic E-state index is 12.3. The van der Waals surface area contributed by atoms with E-state index in [0.29, 0.717) is 23.2 Å². The molecule has 0 atom stereocenters. The number of anilines is 1. The Kier molecular flexibility index (Phi) is 6.40. The van der Waals surface area contributed by atoms with E-state index in [4.69, 9.17) is 0 Å². The lowest BCUT2D eigenvalue weighted by Crippen LogP contribution is -2.14. The van der Waals surface area contributed by atoms with Crippen LogP contribution in [0.15, 0.2) is 66.3 Å². The predicted octanol–water partition coefficient (Wildman–Crippen LogP) is 4.08. The van der Waals surface area contributed by atoms with Gasteiger partial charge in [-0.15, -0.1) is 16.8 Å². The molecule has 3 aromatic rings. The highest BCUT2D eigenvalue weighted by atomic mass is 32.2. The van der Waals surface area contributed by atoms with Crippen molar-refractivity contribution in [1.82, 2.24) is 14.8 Å². The minimum atomic E-state index is -0.505. The molecule has 0 spiro atoms. The number of nitro groups is 1. The summed E-state index contributed by atoms with van der Waals surface area (Å²) in [5.74, 6) is 0.502. The third-order valence-corrected chi connectivity index (χ3v) is 4.94. The second-order valence-corrected chi connectivity index (χ2v) is 7.16. The molecule has 0 saturated heterocycles. The fraction of sp³-hybridized carbons (Fsp3) is 0.150. The Morgan fingerprint density at radius 2 is 2.07 bits per heavy atom. The smallest absolute Gasteiger partial charge is 0.271 e. The van der Waals surface area contributed by atoms with Crippen LogP contribution >= 0.6 is 11.8 Å². The van der Waals surface area contributed by atoms with Crippen molar-refractivity contribution in [3.8, 4) is 11.4 Å². The van der Waals surface area contributed by atoms with Crippen LogP contribution in [0, 0.1) is 17.0 Å². The maximum Gasteiger partial charge on any atom is 0.271 e. The van der Waals surface area contributed by atoms with Gasteiger partial charge in [0.05, 0.1) is 10.7 Å². The number of nitrogens with one attached hydrogen (secondary N) is 1. The maximum atomic E-state index is 12.3. The number of nitrogens with zero attached hydrogens (tertiary/aromatic N) is 4. The number of benzene rings is 2. The summed E-state index contributed by atoms with van der Waals surface area (Å²) in [6.45, 7) is 6.29. The number of rotatable bonds is 8. The summed E-state index contributed by atoms with van der Waals surface area (Å²) in [4.78, 5) is 22.6. The minimum Gasteiger partial charge on any atom is -0.325 e. The van der Waals surface area contributed by atoms with Crippen molar-refractivity contribution in [1.29, 1.82) is 0 Å². The Labute approximate surface area is 171 Å². The lowest BCUT2D eigenvalue weighted by molar-refractivity contribution is -0.384. The molecule has 0 bridgehead atoms. The van der Waals surface area contributed by atoms with Gasteiger partial charge in [0, 0.05) is 29.9 Å². The van der Waals surface area contributed by atoms with Crippen molar-refractivity contribution in [2.75, 3.05) is 11.1 Å². The van der Waals surface area contributed by atoms with Crippen LogP contribution in [0.2, 0.25) is 0 Å². The van der Waals surface area contributed by atoms with Gasteiger partial charge >= 0.3 is 0 Å². The second-order valence-electron chi connectivity index (χ2n) is 6.22. The molecule has 148 valence electrons. The molecule has 0 unspecified atom stereocenters. The van der Waals surface area contributed by atoms with Gasteiger partial charge in [0.1, 0.15) is 0 Å². The molecule has 3 rings (SSSR count). The molecule has 0 aliphatic rings. The molecule has 1 aromatic heterocycles. The van der Waals surface area contributed by atoms with Gasteiger partial charge < -0.3 is 5.32 Å². The molecule has 8 nitrogen and oxygen atoms in total. The molecule has 1 amide bonds. The zero-order chi connectivity index (χ0) is 20.8. The molecule has 0 saturated carbocycles. The van der Waals surface area contributed by atoms with Crippen molar-refractivity contribution < 1.29 is 9.72 Å². The standard InChI is InChI=1S/C20H19N5O3S/c1-3-10-24-19(15-7-4-6-14(2)11-15)22-23-20(24)29-13-18(26)21-16-8-5-9-17(12-16)25(27)28/h3-9,11-12H,1,10,13H2,2H3,(H,21,26).